The van der Waals surface area contributed by atoms with Crippen molar-refractivity contribution in [3.05, 3.63) is 36.1 Å². The Morgan fingerprint density at radius 1 is 1.41 bits per heavy atom. The number of nitrogen functional groups attached to an aromatic ring is 1. The highest BCUT2D eigenvalue weighted by Crippen LogP contribution is 2.11. The molecule has 0 aliphatic rings. The second kappa shape index (κ2) is 5.88. The van der Waals surface area contributed by atoms with Crippen LogP contribution in [0.3, 0.4) is 0 Å². The summed E-state index contributed by atoms with van der Waals surface area (Å²) in [5.74, 6) is -0.766. The number of benzene rings is 1. The number of methoxy groups -OCH3 is 1. The van der Waals surface area contributed by atoms with Crippen LogP contribution in [0.2, 0.25) is 0 Å². The minimum absolute atomic E-state index is 0.238. The van der Waals surface area contributed by atoms with E-state index >= 15 is 0 Å². The molecular formula is C11H14N2O4. The van der Waals surface area contributed by atoms with Crippen molar-refractivity contribution in [1.29, 1.82) is 0 Å². The number of aliphatic hydroxyl groups is 2. The van der Waals surface area contributed by atoms with E-state index in [0.29, 0.717) is 11.4 Å². The van der Waals surface area contributed by atoms with Crippen LogP contribution in [0.4, 0.5) is 11.4 Å². The van der Waals surface area contributed by atoms with Crippen LogP contribution in [0.1, 0.15) is 0 Å². The molecule has 1 rings (SSSR count). The van der Waals surface area contributed by atoms with Crippen LogP contribution in [-0.4, -0.2) is 29.5 Å². The zero-order valence-corrected chi connectivity index (χ0v) is 9.25. The van der Waals surface area contributed by atoms with Gasteiger partial charge in [0.05, 0.1) is 7.11 Å². The molecule has 0 saturated heterocycles. The summed E-state index contributed by atoms with van der Waals surface area (Å²) in [4.78, 5) is 11.5. The first-order valence-electron chi connectivity index (χ1n) is 4.81. The summed E-state index contributed by atoms with van der Waals surface area (Å²) in [6.07, 6.45) is -0.863. The molecule has 1 aromatic carbocycles. The third kappa shape index (κ3) is 4.13. The predicted octanol–water partition coefficient (Wildman–Crippen LogP) is 0.0483. The number of nitrogens with one attached hydrogen (secondary N) is 1. The van der Waals surface area contributed by atoms with E-state index in [0.717, 1.165) is 6.08 Å². The number of anilines is 2. The van der Waals surface area contributed by atoms with Gasteiger partial charge in [0.25, 0.3) is 5.91 Å². The number of ether oxygens (including phenoxy) is 1. The Bertz CT molecular complexity index is 412. The standard InChI is InChI=1S/C11H14N2O4/c1-17-9(11(15)16)6-10(14)13-8-4-2-7(12)3-5-8/h2-6,11,15-16H,12H2,1H3,(H,13,14)/b9-6+. The zero-order chi connectivity index (χ0) is 12.8. The van der Waals surface area contributed by atoms with Gasteiger partial charge in [-0.25, -0.2) is 0 Å². The largest absolute Gasteiger partial charge is 0.495 e. The first kappa shape index (κ1) is 13.0. The minimum atomic E-state index is -1.82. The van der Waals surface area contributed by atoms with Crippen LogP contribution < -0.4 is 11.1 Å². The predicted molar refractivity (Wildman–Crippen MR) is 62.8 cm³/mol. The summed E-state index contributed by atoms with van der Waals surface area (Å²) >= 11 is 0. The fraction of sp³-hybridized carbons (Fsp3) is 0.182. The molecule has 6 heteroatoms. The fourth-order valence-electron chi connectivity index (χ4n) is 1.11. The van der Waals surface area contributed by atoms with Gasteiger partial charge in [0.15, 0.2) is 5.76 Å². The van der Waals surface area contributed by atoms with Crippen LogP contribution in [-0.2, 0) is 9.53 Å². The maximum atomic E-state index is 11.5. The Labute approximate surface area is 98.3 Å². The van der Waals surface area contributed by atoms with Crippen molar-refractivity contribution in [1.82, 2.24) is 0 Å². The van der Waals surface area contributed by atoms with E-state index in [-0.39, 0.29) is 5.76 Å². The highest BCUT2D eigenvalue weighted by atomic mass is 16.5. The van der Waals surface area contributed by atoms with Gasteiger partial charge in [0.2, 0.25) is 6.29 Å². The van der Waals surface area contributed by atoms with Gasteiger partial charge in [-0.1, -0.05) is 0 Å². The van der Waals surface area contributed by atoms with Crippen molar-refractivity contribution in [2.75, 3.05) is 18.2 Å². The van der Waals surface area contributed by atoms with E-state index in [1.54, 1.807) is 24.3 Å². The second-order valence-corrected chi connectivity index (χ2v) is 3.24. The lowest BCUT2D eigenvalue weighted by Gasteiger charge is -2.08. The molecule has 6 nitrogen and oxygen atoms in total. The van der Waals surface area contributed by atoms with Crippen molar-refractivity contribution in [2.24, 2.45) is 0 Å². The number of carbonyl (C=O) groups excluding carboxylic acids is 1. The van der Waals surface area contributed by atoms with E-state index in [4.69, 9.17) is 15.9 Å². The number of amides is 1. The summed E-state index contributed by atoms with van der Waals surface area (Å²) in [7, 11) is 1.24. The molecule has 0 saturated carbocycles. The van der Waals surface area contributed by atoms with Gasteiger partial charge in [0.1, 0.15) is 0 Å². The summed E-state index contributed by atoms with van der Waals surface area (Å²) in [6, 6.07) is 6.53. The lowest BCUT2D eigenvalue weighted by atomic mass is 10.3. The Morgan fingerprint density at radius 2 is 2.00 bits per heavy atom. The molecule has 0 bridgehead atoms. The second-order valence-electron chi connectivity index (χ2n) is 3.24. The summed E-state index contributed by atoms with van der Waals surface area (Å²) in [6.45, 7) is 0. The summed E-state index contributed by atoms with van der Waals surface area (Å²) < 4.78 is 4.62. The van der Waals surface area contributed by atoms with E-state index in [1.165, 1.54) is 7.11 Å². The number of hydrogen-bond acceptors (Lipinski definition) is 5. The quantitative estimate of drug-likeness (QED) is 0.257. The van der Waals surface area contributed by atoms with Crippen LogP contribution in [0.25, 0.3) is 0 Å². The average molecular weight is 238 g/mol. The van der Waals surface area contributed by atoms with Crippen LogP contribution in [0, 0.1) is 0 Å². The summed E-state index contributed by atoms with van der Waals surface area (Å²) in [5.41, 5.74) is 6.62. The van der Waals surface area contributed by atoms with Crippen LogP contribution in [0.5, 0.6) is 0 Å². The molecule has 0 radical (unpaired) electrons. The Balaban J connectivity index is 2.69. The lowest BCUT2D eigenvalue weighted by Crippen LogP contribution is -2.15. The molecule has 5 N–H and O–H groups in total. The van der Waals surface area contributed by atoms with Gasteiger partial charge in [-0.05, 0) is 24.3 Å². The topological polar surface area (TPSA) is 105 Å². The maximum Gasteiger partial charge on any atom is 0.251 e. The molecule has 0 unspecified atom stereocenters. The molecule has 1 aromatic rings. The number of rotatable bonds is 4. The van der Waals surface area contributed by atoms with Crippen molar-refractivity contribution < 1.29 is 19.7 Å². The highest BCUT2D eigenvalue weighted by molar-refractivity contribution is 5.99. The van der Waals surface area contributed by atoms with Gasteiger partial charge in [-0.15, -0.1) is 0 Å². The Morgan fingerprint density at radius 3 is 2.47 bits per heavy atom. The lowest BCUT2D eigenvalue weighted by molar-refractivity contribution is -0.112. The van der Waals surface area contributed by atoms with Gasteiger partial charge >= 0.3 is 0 Å². The monoisotopic (exact) mass is 238 g/mol. The molecule has 0 fully saturated rings. The minimum Gasteiger partial charge on any atom is -0.495 e. The molecule has 0 aliphatic carbocycles. The number of aliphatic hydroxyl groups excluding tert-OH is 1. The normalized spacial score (nSPS) is 11.4. The number of nitrogens with two attached hydrogens (primary N) is 1. The Hall–Kier alpha value is -2.05. The fourth-order valence-corrected chi connectivity index (χ4v) is 1.11. The smallest absolute Gasteiger partial charge is 0.251 e. The van der Waals surface area contributed by atoms with Gasteiger partial charge in [0, 0.05) is 17.5 Å². The SMILES string of the molecule is CO/C(=C/C(=O)Nc1ccc(N)cc1)C(O)O. The maximum absolute atomic E-state index is 11.5. The third-order valence-corrected chi connectivity index (χ3v) is 1.94. The third-order valence-electron chi connectivity index (χ3n) is 1.94. The van der Waals surface area contributed by atoms with Crippen molar-refractivity contribution in [3.8, 4) is 0 Å². The molecule has 1 amide bonds. The van der Waals surface area contributed by atoms with Crippen molar-refractivity contribution >= 4 is 17.3 Å². The van der Waals surface area contributed by atoms with Crippen LogP contribution in [0.15, 0.2) is 36.1 Å². The molecule has 0 heterocycles. The molecule has 0 aromatic heterocycles. The van der Waals surface area contributed by atoms with Crippen molar-refractivity contribution in [3.63, 3.8) is 0 Å². The molecule has 92 valence electrons. The molecular weight excluding hydrogens is 224 g/mol. The molecule has 17 heavy (non-hydrogen) atoms. The molecule has 0 atom stereocenters. The zero-order valence-electron chi connectivity index (χ0n) is 9.25. The van der Waals surface area contributed by atoms with Gasteiger partial charge in [-0.3, -0.25) is 4.79 Å². The van der Waals surface area contributed by atoms with E-state index in [1.807, 2.05) is 0 Å². The first-order chi connectivity index (χ1) is 8.02. The highest BCUT2D eigenvalue weighted by Gasteiger charge is 2.09. The van der Waals surface area contributed by atoms with E-state index < -0.39 is 12.2 Å². The first-order valence-corrected chi connectivity index (χ1v) is 4.81. The van der Waals surface area contributed by atoms with Crippen molar-refractivity contribution in [2.45, 2.75) is 6.29 Å². The average Bonchev–Trinajstić information content (AvgIpc) is 2.28. The van der Waals surface area contributed by atoms with Crippen LogP contribution >= 0.6 is 0 Å². The summed E-state index contributed by atoms with van der Waals surface area (Å²) in [5, 5.41) is 20.2. The Kier molecular flexibility index (Phi) is 4.50. The van der Waals surface area contributed by atoms with Gasteiger partial charge < -0.3 is 26.0 Å². The number of carbonyl (C=O) groups is 1. The molecule has 0 aliphatic heterocycles. The van der Waals surface area contributed by atoms with E-state index in [9.17, 15) is 4.79 Å². The van der Waals surface area contributed by atoms with E-state index in [2.05, 4.69) is 10.1 Å². The number of hydrogen-bond donors (Lipinski definition) is 4. The molecule has 0 spiro atoms. The van der Waals surface area contributed by atoms with Gasteiger partial charge in [-0.2, -0.15) is 0 Å².